The molecule has 1 aromatic rings. The summed E-state index contributed by atoms with van der Waals surface area (Å²) in [7, 11) is 0. The van der Waals surface area contributed by atoms with Gasteiger partial charge in [-0.3, -0.25) is 4.98 Å². The summed E-state index contributed by atoms with van der Waals surface area (Å²) in [5, 5.41) is 3.32. The zero-order valence-electron chi connectivity index (χ0n) is 8.57. The van der Waals surface area contributed by atoms with Crippen molar-refractivity contribution in [2.24, 2.45) is 5.92 Å². The molecule has 3 nitrogen and oxygen atoms in total. The third-order valence-corrected chi connectivity index (χ3v) is 2.34. The van der Waals surface area contributed by atoms with Gasteiger partial charge in [-0.25, -0.2) is 4.98 Å². The van der Waals surface area contributed by atoms with Crippen molar-refractivity contribution in [2.75, 3.05) is 11.2 Å². The van der Waals surface area contributed by atoms with Gasteiger partial charge in [0.1, 0.15) is 5.82 Å². The Hall–Kier alpha value is -0.830. The highest BCUT2D eigenvalue weighted by molar-refractivity contribution is 6.17. The number of halogens is 1. The fourth-order valence-electron chi connectivity index (χ4n) is 1.25. The topological polar surface area (TPSA) is 37.8 Å². The second kappa shape index (κ2) is 5.81. The van der Waals surface area contributed by atoms with E-state index in [-0.39, 0.29) is 0 Å². The third-order valence-electron chi connectivity index (χ3n) is 2.12. The first-order chi connectivity index (χ1) is 6.74. The van der Waals surface area contributed by atoms with Crippen LogP contribution in [0.1, 0.15) is 20.3 Å². The molecule has 0 spiro atoms. The molecule has 1 aromatic heterocycles. The van der Waals surface area contributed by atoms with E-state index in [2.05, 4.69) is 29.1 Å². The van der Waals surface area contributed by atoms with Crippen LogP contribution in [-0.4, -0.2) is 21.9 Å². The van der Waals surface area contributed by atoms with Crippen LogP contribution in [-0.2, 0) is 0 Å². The highest BCUT2D eigenvalue weighted by Gasteiger charge is 2.12. The monoisotopic (exact) mass is 213 g/mol. The maximum Gasteiger partial charge on any atom is 0.144 e. The molecule has 0 aliphatic heterocycles. The van der Waals surface area contributed by atoms with Crippen molar-refractivity contribution < 1.29 is 0 Å². The lowest BCUT2D eigenvalue weighted by Crippen LogP contribution is -2.26. The predicted molar refractivity (Wildman–Crippen MR) is 59.6 cm³/mol. The summed E-state index contributed by atoms with van der Waals surface area (Å²) in [4.78, 5) is 8.17. The van der Waals surface area contributed by atoms with Crippen LogP contribution < -0.4 is 5.32 Å². The van der Waals surface area contributed by atoms with Crippen LogP contribution in [0.5, 0.6) is 0 Å². The van der Waals surface area contributed by atoms with Crippen LogP contribution in [0, 0.1) is 5.92 Å². The quantitative estimate of drug-likeness (QED) is 0.764. The number of nitrogens with one attached hydrogen (secondary N) is 1. The van der Waals surface area contributed by atoms with E-state index < -0.39 is 0 Å². The Labute approximate surface area is 89.9 Å². The van der Waals surface area contributed by atoms with Crippen molar-refractivity contribution in [1.29, 1.82) is 0 Å². The molecule has 14 heavy (non-hydrogen) atoms. The normalized spacial score (nSPS) is 12.9. The number of hydrogen-bond donors (Lipinski definition) is 1. The maximum atomic E-state index is 5.73. The minimum absolute atomic E-state index is 0.365. The van der Waals surface area contributed by atoms with E-state index in [4.69, 9.17) is 11.6 Å². The molecular formula is C10H16ClN3. The summed E-state index contributed by atoms with van der Waals surface area (Å²) in [6.45, 7) is 4.33. The number of anilines is 1. The summed E-state index contributed by atoms with van der Waals surface area (Å²) in [6.07, 6.45) is 6.01. The second-order valence-corrected chi connectivity index (χ2v) is 3.94. The fourth-order valence-corrected chi connectivity index (χ4v) is 1.49. The second-order valence-electron chi connectivity index (χ2n) is 3.56. The maximum absolute atomic E-state index is 5.73. The number of rotatable bonds is 5. The SMILES string of the molecule is CC(C)C(CCCl)Nc1cnccn1. The summed E-state index contributed by atoms with van der Waals surface area (Å²) in [5.41, 5.74) is 0. The summed E-state index contributed by atoms with van der Waals surface area (Å²) in [5.74, 6) is 2.02. The zero-order chi connectivity index (χ0) is 10.4. The summed E-state index contributed by atoms with van der Waals surface area (Å²) in [6, 6.07) is 0.365. The Balaban J connectivity index is 2.55. The van der Waals surface area contributed by atoms with Gasteiger partial charge in [0.25, 0.3) is 0 Å². The van der Waals surface area contributed by atoms with Gasteiger partial charge in [0.2, 0.25) is 0 Å². The van der Waals surface area contributed by atoms with Gasteiger partial charge in [0.05, 0.1) is 6.20 Å². The first kappa shape index (κ1) is 11.2. The van der Waals surface area contributed by atoms with Crippen LogP contribution in [0.4, 0.5) is 5.82 Å². The summed E-state index contributed by atoms with van der Waals surface area (Å²) < 4.78 is 0. The van der Waals surface area contributed by atoms with Crippen molar-refractivity contribution >= 4 is 17.4 Å². The van der Waals surface area contributed by atoms with Gasteiger partial charge in [0, 0.05) is 24.3 Å². The fraction of sp³-hybridized carbons (Fsp3) is 0.600. The molecule has 0 saturated carbocycles. The Morgan fingerprint density at radius 3 is 2.71 bits per heavy atom. The third kappa shape index (κ3) is 3.50. The van der Waals surface area contributed by atoms with E-state index in [0.29, 0.717) is 17.8 Å². The van der Waals surface area contributed by atoms with E-state index in [1.807, 2.05) is 0 Å². The van der Waals surface area contributed by atoms with E-state index in [1.54, 1.807) is 18.6 Å². The molecule has 0 bridgehead atoms. The molecule has 78 valence electrons. The average molecular weight is 214 g/mol. The Bertz CT molecular complexity index is 251. The number of nitrogens with zero attached hydrogens (tertiary/aromatic N) is 2. The van der Waals surface area contributed by atoms with Gasteiger partial charge in [-0.1, -0.05) is 13.8 Å². The van der Waals surface area contributed by atoms with Gasteiger partial charge in [-0.15, -0.1) is 11.6 Å². The Kier molecular flexibility index (Phi) is 4.66. The van der Waals surface area contributed by atoms with Gasteiger partial charge in [-0.2, -0.15) is 0 Å². The van der Waals surface area contributed by atoms with Gasteiger partial charge < -0.3 is 5.32 Å². The van der Waals surface area contributed by atoms with Crippen LogP contribution >= 0.6 is 11.6 Å². The van der Waals surface area contributed by atoms with E-state index >= 15 is 0 Å². The molecule has 0 aliphatic carbocycles. The minimum atomic E-state index is 0.365. The van der Waals surface area contributed by atoms with E-state index in [0.717, 1.165) is 12.2 Å². The molecule has 1 atom stereocenters. The predicted octanol–water partition coefficient (Wildman–Crippen LogP) is 2.54. The lowest BCUT2D eigenvalue weighted by atomic mass is 10.0. The first-order valence-electron chi connectivity index (χ1n) is 4.82. The molecular weight excluding hydrogens is 198 g/mol. The molecule has 1 heterocycles. The number of hydrogen-bond acceptors (Lipinski definition) is 3. The molecule has 4 heteroatoms. The zero-order valence-corrected chi connectivity index (χ0v) is 9.33. The van der Waals surface area contributed by atoms with Gasteiger partial charge >= 0.3 is 0 Å². The smallest absolute Gasteiger partial charge is 0.144 e. The van der Waals surface area contributed by atoms with E-state index in [9.17, 15) is 0 Å². The number of aromatic nitrogens is 2. The molecule has 0 radical (unpaired) electrons. The Morgan fingerprint density at radius 1 is 1.43 bits per heavy atom. The molecule has 1 rings (SSSR count). The molecule has 0 fully saturated rings. The van der Waals surface area contributed by atoms with Crippen molar-refractivity contribution in [3.05, 3.63) is 18.6 Å². The van der Waals surface area contributed by atoms with Crippen molar-refractivity contribution in [3.63, 3.8) is 0 Å². The van der Waals surface area contributed by atoms with Gasteiger partial charge in [-0.05, 0) is 12.3 Å². The standard InChI is InChI=1S/C10H16ClN3/c1-8(2)9(3-4-11)14-10-7-12-5-6-13-10/h5-9H,3-4H2,1-2H3,(H,13,14). The van der Waals surface area contributed by atoms with E-state index in [1.165, 1.54) is 0 Å². The summed E-state index contributed by atoms with van der Waals surface area (Å²) >= 11 is 5.73. The lowest BCUT2D eigenvalue weighted by Gasteiger charge is -2.21. The Morgan fingerprint density at radius 2 is 2.21 bits per heavy atom. The van der Waals surface area contributed by atoms with Crippen molar-refractivity contribution in [3.8, 4) is 0 Å². The molecule has 0 aliphatic rings. The molecule has 1 N–H and O–H groups in total. The number of alkyl halides is 1. The van der Waals surface area contributed by atoms with Crippen molar-refractivity contribution in [2.45, 2.75) is 26.3 Å². The van der Waals surface area contributed by atoms with Crippen LogP contribution in [0.3, 0.4) is 0 Å². The largest absolute Gasteiger partial charge is 0.366 e. The van der Waals surface area contributed by atoms with Crippen LogP contribution in [0.25, 0.3) is 0 Å². The molecule has 0 aromatic carbocycles. The highest BCUT2D eigenvalue weighted by atomic mass is 35.5. The average Bonchev–Trinajstić information content (AvgIpc) is 2.18. The van der Waals surface area contributed by atoms with Crippen LogP contribution in [0.2, 0.25) is 0 Å². The minimum Gasteiger partial charge on any atom is -0.366 e. The molecule has 1 unspecified atom stereocenters. The van der Waals surface area contributed by atoms with Crippen molar-refractivity contribution in [1.82, 2.24) is 9.97 Å². The first-order valence-corrected chi connectivity index (χ1v) is 5.36. The van der Waals surface area contributed by atoms with Gasteiger partial charge in [0.15, 0.2) is 0 Å². The van der Waals surface area contributed by atoms with Crippen LogP contribution in [0.15, 0.2) is 18.6 Å². The highest BCUT2D eigenvalue weighted by Crippen LogP contribution is 2.12. The lowest BCUT2D eigenvalue weighted by molar-refractivity contribution is 0.511. The molecule has 0 saturated heterocycles. The molecule has 0 amide bonds.